The molecule has 2 rings (SSSR count). The van der Waals surface area contributed by atoms with E-state index in [2.05, 4.69) is 5.32 Å². The minimum absolute atomic E-state index is 0.0824. The Morgan fingerprint density at radius 3 is 3.00 bits per heavy atom. The van der Waals surface area contributed by atoms with Crippen LogP contribution in [0.1, 0.15) is 22.5 Å². The van der Waals surface area contributed by atoms with Crippen molar-refractivity contribution in [2.45, 2.75) is 19.4 Å². The number of likely N-dealkylation sites (tertiary alicyclic amines) is 1. The second-order valence-corrected chi connectivity index (χ2v) is 3.92. The Morgan fingerprint density at radius 2 is 2.47 bits per heavy atom. The lowest BCUT2D eigenvalue weighted by atomic mass is 10.2. The van der Waals surface area contributed by atoms with Crippen LogP contribution in [0.25, 0.3) is 0 Å². The molecule has 4 heteroatoms. The van der Waals surface area contributed by atoms with Crippen molar-refractivity contribution in [3.63, 3.8) is 0 Å². The van der Waals surface area contributed by atoms with E-state index in [0.717, 1.165) is 19.5 Å². The van der Waals surface area contributed by atoms with Gasteiger partial charge in [0.15, 0.2) is 0 Å². The number of carbonyl (C=O) groups excluding carboxylic acids is 1. The first-order chi connectivity index (χ1) is 7.22. The van der Waals surface area contributed by atoms with Gasteiger partial charge in [0, 0.05) is 19.1 Å². The number of nitrogens with zero attached hydrogens (tertiary/aromatic N) is 1. The van der Waals surface area contributed by atoms with Gasteiger partial charge in [-0.15, -0.1) is 0 Å². The van der Waals surface area contributed by atoms with Gasteiger partial charge in [0.25, 0.3) is 5.91 Å². The summed E-state index contributed by atoms with van der Waals surface area (Å²) in [6.45, 7) is 3.44. The number of nitrogens with one attached hydrogen (secondary N) is 1. The van der Waals surface area contributed by atoms with Gasteiger partial charge >= 0.3 is 0 Å². The van der Waals surface area contributed by atoms with Gasteiger partial charge in [-0.1, -0.05) is 0 Å². The van der Waals surface area contributed by atoms with E-state index in [1.807, 2.05) is 18.9 Å². The molecule has 1 saturated heterocycles. The zero-order valence-electron chi connectivity index (χ0n) is 9.12. The first-order valence-electron chi connectivity index (χ1n) is 5.23. The molecule has 1 aromatic heterocycles. The Labute approximate surface area is 89.2 Å². The molecule has 1 aliphatic rings. The van der Waals surface area contributed by atoms with Gasteiger partial charge in [0.05, 0.1) is 11.8 Å². The third kappa shape index (κ3) is 1.90. The lowest BCUT2D eigenvalue weighted by Crippen LogP contribution is -2.33. The maximum Gasteiger partial charge on any atom is 0.257 e. The SMILES string of the molecule is CNC1CCN(C(=O)c2ccoc2C)C1. The summed E-state index contributed by atoms with van der Waals surface area (Å²) in [5.41, 5.74) is 0.687. The van der Waals surface area contributed by atoms with Crippen LogP contribution in [0.4, 0.5) is 0 Å². The summed E-state index contributed by atoms with van der Waals surface area (Å²) in [5.74, 6) is 0.784. The van der Waals surface area contributed by atoms with Crippen molar-refractivity contribution >= 4 is 5.91 Å². The molecule has 0 spiro atoms. The topological polar surface area (TPSA) is 45.5 Å². The number of furan rings is 1. The number of rotatable bonds is 2. The Hall–Kier alpha value is -1.29. The molecule has 1 amide bonds. The van der Waals surface area contributed by atoms with Crippen LogP contribution in [0.5, 0.6) is 0 Å². The maximum atomic E-state index is 12.0. The fraction of sp³-hybridized carbons (Fsp3) is 0.545. The summed E-state index contributed by atoms with van der Waals surface area (Å²) in [5, 5.41) is 3.19. The van der Waals surface area contributed by atoms with E-state index in [9.17, 15) is 4.79 Å². The number of aryl methyl sites for hydroxylation is 1. The van der Waals surface area contributed by atoms with Crippen molar-refractivity contribution in [3.05, 3.63) is 23.7 Å². The van der Waals surface area contributed by atoms with Crippen molar-refractivity contribution in [2.75, 3.05) is 20.1 Å². The predicted octanol–water partition coefficient (Wildman–Crippen LogP) is 1.02. The molecule has 82 valence electrons. The maximum absolute atomic E-state index is 12.0. The first kappa shape index (κ1) is 10.2. The van der Waals surface area contributed by atoms with E-state index in [1.165, 1.54) is 0 Å². The van der Waals surface area contributed by atoms with Crippen molar-refractivity contribution in [3.8, 4) is 0 Å². The second-order valence-electron chi connectivity index (χ2n) is 3.92. The molecule has 4 nitrogen and oxygen atoms in total. The second kappa shape index (κ2) is 4.06. The van der Waals surface area contributed by atoms with Gasteiger partial charge in [0.2, 0.25) is 0 Å². The van der Waals surface area contributed by atoms with Crippen LogP contribution in [0.15, 0.2) is 16.7 Å². The van der Waals surface area contributed by atoms with Crippen LogP contribution in [-0.4, -0.2) is 37.0 Å². The normalized spacial score (nSPS) is 20.9. The lowest BCUT2D eigenvalue weighted by Gasteiger charge is -2.15. The fourth-order valence-electron chi connectivity index (χ4n) is 1.96. The van der Waals surface area contributed by atoms with Crippen LogP contribution >= 0.6 is 0 Å². The molecule has 2 heterocycles. The number of hydrogen-bond acceptors (Lipinski definition) is 3. The Bertz CT molecular complexity index is 359. The van der Waals surface area contributed by atoms with Crippen LogP contribution in [0.2, 0.25) is 0 Å². The van der Waals surface area contributed by atoms with Crippen molar-refractivity contribution in [2.24, 2.45) is 0 Å². The Balaban J connectivity index is 2.07. The number of likely N-dealkylation sites (N-methyl/N-ethyl adjacent to an activating group) is 1. The molecule has 1 aromatic rings. The van der Waals surface area contributed by atoms with Crippen LogP contribution in [0, 0.1) is 6.92 Å². The zero-order valence-corrected chi connectivity index (χ0v) is 9.12. The highest BCUT2D eigenvalue weighted by Gasteiger charge is 2.27. The molecule has 1 unspecified atom stereocenters. The van der Waals surface area contributed by atoms with Gasteiger partial charge in [-0.05, 0) is 26.5 Å². The fourth-order valence-corrected chi connectivity index (χ4v) is 1.96. The van der Waals surface area contributed by atoms with Gasteiger partial charge in [-0.2, -0.15) is 0 Å². The van der Waals surface area contributed by atoms with E-state index in [0.29, 0.717) is 17.4 Å². The number of amides is 1. The van der Waals surface area contributed by atoms with E-state index in [4.69, 9.17) is 4.42 Å². The largest absolute Gasteiger partial charge is 0.469 e. The first-order valence-corrected chi connectivity index (χ1v) is 5.23. The molecule has 0 saturated carbocycles. The average molecular weight is 208 g/mol. The Morgan fingerprint density at radius 1 is 1.67 bits per heavy atom. The van der Waals surface area contributed by atoms with Crippen molar-refractivity contribution in [1.82, 2.24) is 10.2 Å². The summed E-state index contributed by atoms with van der Waals surface area (Å²) in [6.07, 6.45) is 2.59. The van der Waals surface area contributed by atoms with Gasteiger partial charge in [-0.25, -0.2) is 0 Å². The molecule has 1 aliphatic heterocycles. The number of carbonyl (C=O) groups is 1. The van der Waals surface area contributed by atoms with Crippen LogP contribution < -0.4 is 5.32 Å². The molecule has 1 fully saturated rings. The smallest absolute Gasteiger partial charge is 0.257 e. The van der Waals surface area contributed by atoms with E-state index >= 15 is 0 Å². The molecular weight excluding hydrogens is 192 g/mol. The third-order valence-corrected chi connectivity index (χ3v) is 2.97. The minimum atomic E-state index is 0.0824. The summed E-state index contributed by atoms with van der Waals surface area (Å²) in [7, 11) is 1.93. The lowest BCUT2D eigenvalue weighted by molar-refractivity contribution is 0.0788. The highest BCUT2D eigenvalue weighted by Crippen LogP contribution is 2.16. The molecule has 0 bridgehead atoms. The molecule has 0 aromatic carbocycles. The summed E-state index contributed by atoms with van der Waals surface area (Å²) >= 11 is 0. The highest BCUT2D eigenvalue weighted by atomic mass is 16.3. The van der Waals surface area contributed by atoms with E-state index in [-0.39, 0.29) is 5.91 Å². The standard InChI is InChI=1S/C11H16N2O2/c1-8-10(4-6-15-8)11(14)13-5-3-9(7-13)12-2/h4,6,9,12H,3,5,7H2,1-2H3. The molecule has 0 aliphatic carbocycles. The summed E-state index contributed by atoms with van der Waals surface area (Å²) < 4.78 is 5.14. The van der Waals surface area contributed by atoms with E-state index in [1.54, 1.807) is 12.3 Å². The molecule has 1 N–H and O–H groups in total. The quantitative estimate of drug-likeness (QED) is 0.789. The van der Waals surface area contributed by atoms with Gasteiger partial charge in [-0.3, -0.25) is 4.79 Å². The summed E-state index contributed by atoms with van der Waals surface area (Å²) in [4.78, 5) is 13.9. The molecule has 15 heavy (non-hydrogen) atoms. The highest BCUT2D eigenvalue weighted by molar-refractivity contribution is 5.95. The van der Waals surface area contributed by atoms with Crippen LogP contribution in [0.3, 0.4) is 0 Å². The Kier molecular flexibility index (Phi) is 2.77. The monoisotopic (exact) mass is 208 g/mol. The van der Waals surface area contributed by atoms with Crippen molar-refractivity contribution < 1.29 is 9.21 Å². The van der Waals surface area contributed by atoms with Crippen molar-refractivity contribution in [1.29, 1.82) is 0 Å². The molecule has 1 atom stereocenters. The third-order valence-electron chi connectivity index (χ3n) is 2.97. The number of hydrogen-bond donors (Lipinski definition) is 1. The van der Waals surface area contributed by atoms with Gasteiger partial charge < -0.3 is 14.6 Å². The average Bonchev–Trinajstić information content (AvgIpc) is 2.84. The molecule has 0 radical (unpaired) electrons. The minimum Gasteiger partial charge on any atom is -0.469 e. The van der Waals surface area contributed by atoms with Gasteiger partial charge in [0.1, 0.15) is 5.76 Å². The van der Waals surface area contributed by atoms with E-state index < -0.39 is 0 Å². The zero-order chi connectivity index (χ0) is 10.8. The van der Waals surface area contributed by atoms with Crippen LogP contribution in [-0.2, 0) is 0 Å². The molecular formula is C11H16N2O2. The summed E-state index contributed by atoms with van der Waals surface area (Å²) in [6, 6.07) is 2.17. The predicted molar refractivity (Wildman–Crippen MR) is 56.8 cm³/mol.